The normalized spacial score (nSPS) is 11.8. The highest BCUT2D eigenvalue weighted by molar-refractivity contribution is 6.29. The van der Waals surface area contributed by atoms with Gasteiger partial charge in [-0.15, -0.1) is 0 Å². The molecule has 0 aliphatic rings. The van der Waals surface area contributed by atoms with Crippen molar-refractivity contribution >= 4 is 17.3 Å². The van der Waals surface area contributed by atoms with Crippen molar-refractivity contribution in [1.82, 2.24) is 14.8 Å². The smallest absolute Gasteiger partial charge is 0.399 e. The van der Waals surface area contributed by atoms with E-state index in [9.17, 15) is 13.2 Å². The quantitative estimate of drug-likeness (QED) is 0.804. The molecular formula is C9H6ClF3N4. The average molecular weight is 263 g/mol. The first-order valence-corrected chi connectivity index (χ1v) is 4.79. The number of alkyl halides is 3. The van der Waals surface area contributed by atoms with E-state index in [0.29, 0.717) is 11.9 Å². The highest BCUT2D eigenvalue weighted by Gasteiger charge is 2.32. The number of hydrogen-bond donors (Lipinski definition) is 1. The van der Waals surface area contributed by atoms with Crippen LogP contribution in [-0.2, 0) is 6.18 Å². The van der Waals surface area contributed by atoms with Gasteiger partial charge in [0.1, 0.15) is 5.15 Å². The first-order chi connectivity index (χ1) is 7.86. The lowest BCUT2D eigenvalue weighted by Crippen LogP contribution is -2.03. The van der Waals surface area contributed by atoms with Gasteiger partial charge in [0.25, 0.3) is 0 Å². The Morgan fingerprint density at radius 1 is 1.29 bits per heavy atom. The number of nitrogens with zero attached hydrogens (tertiary/aromatic N) is 3. The molecule has 2 aromatic heterocycles. The Kier molecular flexibility index (Phi) is 2.70. The van der Waals surface area contributed by atoms with Gasteiger partial charge in [-0.3, -0.25) is 0 Å². The molecule has 0 atom stereocenters. The summed E-state index contributed by atoms with van der Waals surface area (Å²) >= 11 is 5.64. The Balaban J connectivity index is 2.44. The van der Waals surface area contributed by atoms with E-state index in [2.05, 4.69) is 10.1 Å². The van der Waals surface area contributed by atoms with E-state index in [1.165, 1.54) is 12.1 Å². The fourth-order valence-corrected chi connectivity index (χ4v) is 1.43. The molecule has 2 aromatic rings. The lowest BCUT2D eigenvalue weighted by molar-refractivity contribution is -0.137. The van der Waals surface area contributed by atoms with Gasteiger partial charge >= 0.3 is 6.18 Å². The summed E-state index contributed by atoms with van der Waals surface area (Å²) in [6, 6.07) is 2.76. The highest BCUT2D eigenvalue weighted by atomic mass is 35.5. The molecule has 8 heteroatoms. The molecule has 2 heterocycles. The summed E-state index contributed by atoms with van der Waals surface area (Å²) in [4.78, 5) is 3.82. The summed E-state index contributed by atoms with van der Waals surface area (Å²) in [5.74, 6) is 0.130. The molecule has 0 unspecified atom stereocenters. The Bertz CT molecular complexity index is 529. The number of nitrogen functional groups attached to an aromatic ring is 1. The zero-order valence-electron chi connectivity index (χ0n) is 8.24. The van der Waals surface area contributed by atoms with Crippen LogP contribution in [0.3, 0.4) is 0 Å². The van der Waals surface area contributed by atoms with Crippen LogP contribution in [0.4, 0.5) is 18.9 Å². The van der Waals surface area contributed by atoms with Gasteiger partial charge in [0.2, 0.25) is 0 Å². The zero-order valence-corrected chi connectivity index (χ0v) is 9.00. The second kappa shape index (κ2) is 3.92. The molecule has 0 radical (unpaired) electrons. The Morgan fingerprint density at radius 3 is 2.53 bits per heavy atom. The Hall–Kier alpha value is -1.76. The molecule has 0 amide bonds. The molecule has 90 valence electrons. The molecule has 0 aliphatic carbocycles. The fraction of sp³-hybridized carbons (Fsp3) is 0.111. The SMILES string of the molecule is Nc1cc(Cl)nc(-n2cc(C(F)(F)F)cn2)c1. The summed E-state index contributed by atoms with van der Waals surface area (Å²) in [5, 5.41) is 3.64. The summed E-state index contributed by atoms with van der Waals surface area (Å²) in [6.45, 7) is 0. The molecule has 0 aliphatic heterocycles. The van der Waals surface area contributed by atoms with Crippen LogP contribution in [0.5, 0.6) is 0 Å². The van der Waals surface area contributed by atoms with Gasteiger partial charge in [0, 0.05) is 18.0 Å². The number of hydrogen-bond acceptors (Lipinski definition) is 3. The van der Waals surface area contributed by atoms with Crippen LogP contribution in [0.1, 0.15) is 5.56 Å². The van der Waals surface area contributed by atoms with Crippen molar-refractivity contribution in [2.75, 3.05) is 5.73 Å². The van der Waals surface area contributed by atoms with E-state index in [1.807, 2.05) is 0 Å². The Morgan fingerprint density at radius 2 is 2.00 bits per heavy atom. The number of nitrogens with two attached hydrogens (primary N) is 1. The summed E-state index contributed by atoms with van der Waals surface area (Å²) in [7, 11) is 0. The van der Waals surface area contributed by atoms with Crippen molar-refractivity contribution in [3.05, 3.63) is 35.2 Å². The van der Waals surface area contributed by atoms with Crippen LogP contribution in [0.2, 0.25) is 5.15 Å². The van der Waals surface area contributed by atoms with E-state index in [0.717, 1.165) is 10.9 Å². The largest absolute Gasteiger partial charge is 0.419 e. The minimum Gasteiger partial charge on any atom is -0.399 e. The van der Waals surface area contributed by atoms with Gasteiger partial charge in [-0.25, -0.2) is 9.67 Å². The maximum atomic E-state index is 12.4. The Labute approximate surface area is 98.8 Å². The highest BCUT2D eigenvalue weighted by Crippen LogP contribution is 2.29. The van der Waals surface area contributed by atoms with Crippen LogP contribution in [-0.4, -0.2) is 14.8 Å². The fourth-order valence-electron chi connectivity index (χ4n) is 1.21. The topological polar surface area (TPSA) is 56.7 Å². The first kappa shape index (κ1) is 11.7. The van der Waals surface area contributed by atoms with Crippen LogP contribution >= 0.6 is 11.6 Å². The van der Waals surface area contributed by atoms with Gasteiger partial charge in [-0.2, -0.15) is 18.3 Å². The van der Waals surface area contributed by atoms with Crippen LogP contribution in [0.15, 0.2) is 24.5 Å². The van der Waals surface area contributed by atoms with Gasteiger partial charge < -0.3 is 5.73 Å². The first-order valence-electron chi connectivity index (χ1n) is 4.41. The van der Waals surface area contributed by atoms with Gasteiger partial charge in [-0.1, -0.05) is 11.6 Å². The van der Waals surface area contributed by atoms with E-state index in [1.54, 1.807) is 0 Å². The second-order valence-electron chi connectivity index (χ2n) is 3.25. The van der Waals surface area contributed by atoms with Crippen molar-refractivity contribution < 1.29 is 13.2 Å². The third-order valence-corrected chi connectivity index (χ3v) is 2.14. The van der Waals surface area contributed by atoms with Crippen molar-refractivity contribution in [2.24, 2.45) is 0 Å². The maximum absolute atomic E-state index is 12.4. The van der Waals surface area contributed by atoms with E-state index in [-0.39, 0.29) is 11.0 Å². The van der Waals surface area contributed by atoms with Crippen LogP contribution < -0.4 is 5.73 Å². The molecule has 0 aromatic carbocycles. The lowest BCUT2D eigenvalue weighted by atomic mass is 10.3. The van der Waals surface area contributed by atoms with E-state index < -0.39 is 11.7 Å². The molecule has 17 heavy (non-hydrogen) atoms. The number of halogens is 4. The number of pyridine rings is 1. The van der Waals surface area contributed by atoms with Gasteiger partial charge in [0.15, 0.2) is 5.82 Å². The number of anilines is 1. The number of aromatic nitrogens is 3. The van der Waals surface area contributed by atoms with Gasteiger partial charge in [-0.05, 0) is 6.07 Å². The van der Waals surface area contributed by atoms with Crippen molar-refractivity contribution in [1.29, 1.82) is 0 Å². The van der Waals surface area contributed by atoms with E-state index >= 15 is 0 Å². The number of rotatable bonds is 1. The molecule has 0 saturated heterocycles. The summed E-state index contributed by atoms with van der Waals surface area (Å²) < 4.78 is 38.0. The van der Waals surface area contributed by atoms with Crippen LogP contribution in [0.25, 0.3) is 5.82 Å². The van der Waals surface area contributed by atoms with Crippen LogP contribution in [0, 0.1) is 0 Å². The van der Waals surface area contributed by atoms with E-state index in [4.69, 9.17) is 17.3 Å². The lowest BCUT2D eigenvalue weighted by Gasteiger charge is -2.03. The third-order valence-electron chi connectivity index (χ3n) is 1.95. The summed E-state index contributed by atoms with van der Waals surface area (Å²) in [5.41, 5.74) is 4.93. The van der Waals surface area contributed by atoms with Crippen molar-refractivity contribution in [2.45, 2.75) is 6.18 Å². The minimum atomic E-state index is -4.44. The monoisotopic (exact) mass is 262 g/mol. The van der Waals surface area contributed by atoms with Crippen molar-refractivity contribution in [3.8, 4) is 5.82 Å². The predicted molar refractivity (Wildman–Crippen MR) is 55.8 cm³/mol. The molecule has 4 nitrogen and oxygen atoms in total. The third kappa shape index (κ3) is 2.50. The van der Waals surface area contributed by atoms with Crippen molar-refractivity contribution in [3.63, 3.8) is 0 Å². The standard InChI is InChI=1S/C9H6ClF3N4/c10-7-1-6(14)2-8(16-7)17-4-5(3-15-17)9(11,12)13/h1-4H,(H2,14,16). The molecule has 0 spiro atoms. The average Bonchev–Trinajstić information content (AvgIpc) is 2.63. The molecule has 0 fully saturated rings. The molecule has 2 N–H and O–H groups in total. The molecule has 2 rings (SSSR count). The molecule has 0 saturated carbocycles. The molecule has 0 bridgehead atoms. The summed E-state index contributed by atoms with van der Waals surface area (Å²) in [6.07, 6.45) is -2.92. The minimum absolute atomic E-state index is 0.0871. The van der Waals surface area contributed by atoms with Gasteiger partial charge in [0.05, 0.1) is 11.8 Å². The second-order valence-corrected chi connectivity index (χ2v) is 3.64. The molecular weight excluding hydrogens is 257 g/mol. The zero-order chi connectivity index (χ0) is 12.6. The predicted octanol–water partition coefficient (Wildman–Crippen LogP) is 2.52. The maximum Gasteiger partial charge on any atom is 0.419 e.